The van der Waals surface area contributed by atoms with Crippen molar-refractivity contribution >= 4 is 11.3 Å². The fourth-order valence-electron chi connectivity index (χ4n) is 4.00. The first-order valence-electron chi connectivity index (χ1n) is 7.90. The molecule has 1 atom stereocenters. The summed E-state index contributed by atoms with van der Waals surface area (Å²) < 4.78 is 0. The van der Waals surface area contributed by atoms with Gasteiger partial charge in [-0.1, -0.05) is 39.2 Å². The SMILES string of the molecule is CC(C)(CNC1CCC12CCCCC2)c1cccs1. The molecule has 106 valence electrons. The first-order chi connectivity index (χ1) is 9.12. The highest BCUT2D eigenvalue weighted by molar-refractivity contribution is 7.10. The van der Waals surface area contributed by atoms with E-state index in [1.807, 2.05) is 11.3 Å². The van der Waals surface area contributed by atoms with Crippen LogP contribution < -0.4 is 5.32 Å². The molecule has 1 nitrogen and oxygen atoms in total. The monoisotopic (exact) mass is 277 g/mol. The van der Waals surface area contributed by atoms with E-state index in [9.17, 15) is 0 Å². The molecule has 0 radical (unpaired) electrons. The van der Waals surface area contributed by atoms with Gasteiger partial charge in [-0.15, -0.1) is 11.3 Å². The first kappa shape index (κ1) is 13.6. The van der Waals surface area contributed by atoms with Gasteiger partial charge in [0.1, 0.15) is 0 Å². The van der Waals surface area contributed by atoms with Gasteiger partial charge in [0.05, 0.1) is 0 Å². The third-order valence-electron chi connectivity index (χ3n) is 5.50. The molecule has 1 spiro atoms. The lowest BCUT2D eigenvalue weighted by atomic mass is 9.57. The fourth-order valence-corrected chi connectivity index (χ4v) is 4.85. The van der Waals surface area contributed by atoms with Crippen LogP contribution in [-0.4, -0.2) is 12.6 Å². The number of thiophene rings is 1. The van der Waals surface area contributed by atoms with E-state index in [-0.39, 0.29) is 5.41 Å². The molecule has 1 aromatic rings. The summed E-state index contributed by atoms with van der Waals surface area (Å²) in [6.45, 7) is 5.87. The molecule has 1 aromatic heterocycles. The minimum atomic E-state index is 0.277. The lowest BCUT2D eigenvalue weighted by Gasteiger charge is -2.53. The maximum atomic E-state index is 3.91. The summed E-state index contributed by atoms with van der Waals surface area (Å²) in [5.74, 6) is 0. The van der Waals surface area contributed by atoms with Gasteiger partial charge in [0.15, 0.2) is 0 Å². The molecule has 2 heteroatoms. The highest BCUT2D eigenvalue weighted by atomic mass is 32.1. The maximum Gasteiger partial charge on any atom is 0.0124 e. The standard InChI is InChI=1S/C17H27NS/c1-16(2,15-7-6-12-19-15)13-18-14-8-11-17(14)9-4-3-5-10-17/h6-7,12,14,18H,3-5,8-11,13H2,1-2H3. The van der Waals surface area contributed by atoms with Crippen molar-refractivity contribution in [3.63, 3.8) is 0 Å². The molecule has 2 saturated carbocycles. The van der Waals surface area contributed by atoms with Gasteiger partial charge in [0.2, 0.25) is 0 Å². The van der Waals surface area contributed by atoms with Crippen molar-refractivity contribution in [2.24, 2.45) is 5.41 Å². The molecule has 0 saturated heterocycles. The lowest BCUT2D eigenvalue weighted by Crippen LogP contribution is -2.56. The summed E-state index contributed by atoms with van der Waals surface area (Å²) in [7, 11) is 0. The Morgan fingerprint density at radius 2 is 2.05 bits per heavy atom. The molecule has 1 unspecified atom stereocenters. The topological polar surface area (TPSA) is 12.0 Å². The maximum absolute atomic E-state index is 3.91. The molecule has 0 aliphatic heterocycles. The van der Waals surface area contributed by atoms with E-state index in [2.05, 4.69) is 36.7 Å². The van der Waals surface area contributed by atoms with Gasteiger partial charge in [-0.25, -0.2) is 0 Å². The summed E-state index contributed by atoms with van der Waals surface area (Å²) in [6, 6.07) is 5.25. The number of hydrogen-bond acceptors (Lipinski definition) is 2. The van der Waals surface area contributed by atoms with Gasteiger partial charge in [0.25, 0.3) is 0 Å². The van der Waals surface area contributed by atoms with Crippen molar-refractivity contribution in [2.45, 2.75) is 70.3 Å². The second-order valence-electron chi connectivity index (χ2n) is 7.26. The average molecular weight is 277 g/mol. The molecular formula is C17H27NS. The van der Waals surface area contributed by atoms with Crippen LogP contribution in [0.2, 0.25) is 0 Å². The van der Waals surface area contributed by atoms with E-state index in [1.165, 1.54) is 49.8 Å². The lowest BCUT2D eigenvalue weighted by molar-refractivity contribution is 0.0208. The fraction of sp³-hybridized carbons (Fsp3) is 0.765. The van der Waals surface area contributed by atoms with Crippen molar-refractivity contribution in [3.8, 4) is 0 Å². The molecular weight excluding hydrogens is 250 g/mol. The predicted octanol–water partition coefficient (Wildman–Crippen LogP) is 4.73. The van der Waals surface area contributed by atoms with Crippen LogP contribution >= 0.6 is 11.3 Å². The third-order valence-corrected chi connectivity index (χ3v) is 6.73. The van der Waals surface area contributed by atoms with Crippen LogP contribution in [0, 0.1) is 5.41 Å². The average Bonchev–Trinajstić information content (AvgIpc) is 2.93. The Labute approximate surface area is 121 Å². The Bertz CT molecular complexity index is 401. The van der Waals surface area contributed by atoms with Crippen molar-refractivity contribution in [2.75, 3.05) is 6.54 Å². The van der Waals surface area contributed by atoms with Crippen LogP contribution in [0.5, 0.6) is 0 Å². The molecule has 0 aromatic carbocycles. The molecule has 0 amide bonds. The summed E-state index contributed by atoms with van der Waals surface area (Å²) in [6.07, 6.45) is 10.2. The van der Waals surface area contributed by atoms with Gasteiger partial charge >= 0.3 is 0 Å². The van der Waals surface area contributed by atoms with Crippen LogP contribution in [0.25, 0.3) is 0 Å². The molecule has 0 bridgehead atoms. The summed E-state index contributed by atoms with van der Waals surface area (Å²) >= 11 is 1.89. The Morgan fingerprint density at radius 1 is 1.26 bits per heavy atom. The van der Waals surface area contributed by atoms with E-state index in [1.54, 1.807) is 0 Å². The Kier molecular flexibility index (Phi) is 3.74. The molecule has 3 rings (SSSR count). The van der Waals surface area contributed by atoms with Crippen LogP contribution in [-0.2, 0) is 5.41 Å². The van der Waals surface area contributed by atoms with E-state index in [0.717, 1.165) is 12.6 Å². The largest absolute Gasteiger partial charge is 0.313 e. The second-order valence-corrected chi connectivity index (χ2v) is 8.20. The van der Waals surface area contributed by atoms with Crippen molar-refractivity contribution in [1.82, 2.24) is 5.32 Å². The van der Waals surface area contributed by atoms with Gasteiger partial charge in [0, 0.05) is 22.9 Å². The number of nitrogens with one attached hydrogen (secondary N) is 1. The Balaban J connectivity index is 1.58. The molecule has 2 aliphatic carbocycles. The Hall–Kier alpha value is -0.340. The zero-order valence-electron chi connectivity index (χ0n) is 12.4. The normalized spacial score (nSPS) is 26.3. The van der Waals surface area contributed by atoms with Gasteiger partial charge in [-0.05, 0) is 42.5 Å². The summed E-state index contributed by atoms with van der Waals surface area (Å²) in [4.78, 5) is 1.51. The third kappa shape index (κ3) is 2.62. The number of hydrogen-bond donors (Lipinski definition) is 1. The van der Waals surface area contributed by atoms with Crippen molar-refractivity contribution < 1.29 is 0 Å². The first-order valence-corrected chi connectivity index (χ1v) is 8.78. The summed E-state index contributed by atoms with van der Waals surface area (Å²) in [5.41, 5.74) is 0.962. The van der Waals surface area contributed by atoms with E-state index < -0.39 is 0 Å². The molecule has 2 aliphatic rings. The zero-order valence-corrected chi connectivity index (χ0v) is 13.2. The highest BCUT2D eigenvalue weighted by Gasteiger charge is 2.46. The molecule has 2 fully saturated rings. The Morgan fingerprint density at radius 3 is 2.63 bits per heavy atom. The second kappa shape index (κ2) is 5.21. The van der Waals surface area contributed by atoms with Gasteiger partial charge < -0.3 is 5.32 Å². The number of rotatable bonds is 4. The minimum Gasteiger partial charge on any atom is -0.313 e. The smallest absolute Gasteiger partial charge is 0.0124 e. The zero-order chi connectivity index (χ0) is 13.3. The minimum absolute atomic E-state index is 0.277. The van der Waals surface area contributed by atoms with Crippen molar-refractivity contribution in [1.29, 1.82) is 0 Å². The van der Waals surface area contributed by atoms with Crippen LogP contribution in [0.15, 0.2) is 17.5 Å². The molecule has 1 N–H and O–H groups in total. The molecule has 19 heavy (non-hydrogen) atoms. The predicted molar refractivity (Wildman–Crippen MR) is 83.9 cm³/mol. The highest BCUT2D eigenvalue weighted by Crippen LogP contribution is 2.51. The molecule has 1 heterocycles. The van der Waals surface area contributed by atoms with Gasteiger partial charge in [-0.2, -0.15) is 0 Å². The van der Waals surface area contributed by atoms with Crippen molar-refractivity contribution in [3.05, 3.63) is 22.4 Å². The van der Waals surface area contributed by atoms with Crippen LogP contribution in [0.1, 0.15) is 63.7 Å². The summed E-state index contributed by atoms with van der Waals surface area (Å²) in [5, 5.41) is 6.11. The van der Waals surface area contributed by atoms with Crippen LogP contribution in [0.4, 0.5) is 0 Å². The van der Waals surface area contributed by atoms with E-state index >= 15 is 0 Å². The van der Waals surface area contributed by atoms with Crippen LogP contribution in [0.3, 0.4) is 0 Å². The quantitative estimate of drug-likeness (QED) is 0.839. The van der Waals surface area contributed by atoms with E-state index in [0.29, 0.717) is 5.41 Å². The van der Waals surface area contributed by atoms with Gasteiger partial charge in [-0.3, -0.25) is 0 Å². The van der Waals surface area contributed by atoms with E-state index in [4.69, 9.17) is 0 Å².